The number of nitrogens with two attached hydrogens (primary N) is 1. The second-order valence-electron chi connectivity index (χ2n) is 2.46. The van der Waals surface area contributed by atoms with Gasteiger partial charge in [-0.3, -0.25) is 9.51 Å². The second kappa shape index (κ2) is 10.4. The molecule has 2 N–H and O–H groups in total. The molecule has 0 aromatic carbocycles. The first kappa shape index (κ1) is 13.9. The number of hydrogen-bond acceptors (Lipinski definition) is 3. The van der Waals surface area contributed by atoms with Crippen molar-refractivity contribution in [3.05, 3.63) is 0 Å². The summed E-state index contributed by atoms with van der Waals surface area (Å²) in [7, 11) is 0. The molecule has 4 heteroatoms. The Morgan fingerprint density at radius 1 is 1.67 bits per heavy atom. The molecular weight excluding hydrogens is 161 g/mol. The molecule has 0 aliphatic heterocycles. The Morgan fingerprint density at radius 2 is 2.17 bits per heavy atom. The zero-order valence-electron chi connectivity index (χ0n) is 7.97. The highest BCUT2D eigenvalue weighted by Gasteiger charge is 2.06. The average molecular weight is 183 g/mol. The van der Waals surface area contributed by atoms with E-state index in [0.717, 1.165) is 6.42 Å². The Labute approximate surface area is 75.2 Å². The van der Waals surface area contributed by atoms with Crippen LogP contribution in [-0.4, -0.2) is 20.6 Å². The number of hydrogen-bond donors (Lipinski definition) is 1. The molecule has 0 saturated carbocycles. The predicted molar refractivity (Wildman–Crippen MR) is 48.7 cm³/mol. The first-order chi connectivity index (χ1) is 5.68. The maximum absolute atomic E-state index is 10.8. The molecule has 0 aromatic rings. The van der Waals surface area contributed by atoms with Crippen LogP contribution in [-0.2, 0) is 9.53 Å². The third kappa shape index (κ3) is 9.36. The van der Waals surface area contributed by atoms with E-state index in [1.807, 2.05) is 13.8 Å². The van der Waals surface area contributed by atoms with Crippen LogP contribution in [0.2, 0.25) is 0 Å². The van der Waals surface area contributed by atoms with Crippen molar-refractivity contribution in [2.24, 2.45) is 11.7 Å². The fourth-order valence-electron chi connectivity index (χ4n) is 0.423. The van der Waals surface area contributed by atoms with Gasteiger partial charge in [-0.15, -0.1) is 0 Å². The zero-order valence-corrected chi connectivity index (χ0v) is 6.97. The van der Waals surface area contributed by atoms with Crippen molar-refractivity contribution in [2.45, 2.75) is 27.7 Å². The molecule has 0 atom stereocenters. The summed E-state index contributed by atoms with van der Waals surface area (Å²) in [5.74, 6) is -0.175. The molecule has 0 heterocycles. The molecule has 0 fully saturated rings. The molecule has 0 aliphatic rings. The lowest BCUT2D eigenvalue weighted by Gasteiger charge is -2.04. The van der Waals surface area contributed by atoms with Crippen LogP contribution in [0, 0.1) is 5.92 Å². The lowest BCUT2D eigenvalue weighted by Crippen LogP contribution is -2.14. The summed E-state index contributed by atoms with van der Waals surface area (Å²) in [5.41, 5.74) is 5.20. The maximum Gasteiger partial charge on any atom is 0.308 e. The fraction of sp³-hybridized carbons (Fsp3) is 0.875. The van der Waals surface area contributed by atoms with Crippen LogP contribution in [0.5, 0.6) is 0 Å². The van der Waals surface area contributed by atoms with Crippen LogP contribution in [0.25, 0.3) is 0 Å². The fourth-order valence-corrected chi connectivity index (χ4v) is 0.423. The SMILES string of the molecule is C.CC(C)C(=O)OCCCN.[3H]F. The van der Waals surface area contributed by atoms with Crippen molar-refractivity contribution in [1.29, 1.82) is 1.45 Å². The Hall–Kier alpha value is -0.640. The van der Waals surface area contributed by atoms with Gasteiger partial charge in [0.05, 0.1) is 12.5 Å². The van der Waals surface area contributed by atoms with Gasteiger partial charge in [0.25, 0.3) is 1.45 Å². The summed E-state index contributed by atoms with van der Waals surface area (Å²) in [6, 6.07) is 0. The van der Waals surface area contributed by atoms with E-state index < -0.39 is 0 Å². The van der Waals surface area contributed by atoms with Crippen molar-refractivity contribution in [1.82, 2.24) is 0 Å². The van der Waals surface area contributed by atoms with Gasteiger partial charge in [-0.1, -0.05) is 21.3 Å². The summed E-state index contributed by atoms with van der Waals surface area (Å²) in [4.78, 5) is 10.8. The van der Waals surface area contributed by atoms with E-state index in [9.17, 15) is 4.79 Å². The van der Waals surface area contributed by atoms with Crippen LogP contribution in [0.3, 0.4) is 0 Å². The Balaban J connectivity index is -0.000000309. The maximum atomic E-state index is 10.8. The number of rotatable bonds is 4. The minimum atomic E-state index is -0.145. The Kier molecular flexibility index (Phi) is 12.0. The Morgan fingerprint density at radius 3 is 2.50 bits per heavy atom. The molecule has 0 spiro atoms. The van der Waals surface area contributed by atoms with Gasteiger partial charge in [-0.25, -0.2) is 0 Å². The van der Waals surface area contributed by atoms with Gasteiger partial charge in [-0.2, -0.15) is 0 Å². The highest BCUT2D eigenvalue weighted by atomic mass is 19.0. The van der Waals surface area contributed by atoms with Gasteiger partial charge in [-0.05, 0) is 13.0 Å². The quantitative estimate of drug-likeness (QED) is 0.528. The molecule has 0 radical (unpaired) electrons. The molecule has 3 nitrogen and oxygen atoms in total. The highest BCUT2D eigenvalue weighted by Crippen LogP contribution is 1.95. The molecule has 0 bridgehead atoms. The topological polar surface area (TPSA) is 52.3 Å². The largest absolute Gasteiger partial charge is 0.465 e. The van der Waals surface area contributed by atoms with Crippen LogP contribution in [0.4, 0.5) is 4.72 Å². The van der Waals surface area contributed by atoms with Gasteiger partial charge >= 0.3 is 5.97 Å². The molecule has 0 aliphatic carbocycles. The van der Waals surface area contributed by atoms with Crippen molar-refractivity contribution < 1.29 is 14.2 Å². The Bertz CT molecular complexity index is 112. The van der Waals surface area contributed by atoms with Crippen molar-refractivity contribution in [3.63, 3.8) is 0 Å². The van der Waals surface area contributed by atoms with E-state index in [0.29, 0.717) is 13.2 Å². The van der Waals surface area contributed by atoms with E-state index in [1.54, 1.807) is 0 Å². The first-order valence-electron chi connectivity index (χ1n) is 3.93. The zero-order chi connectivity index (χ0) is 9.98. The number of ether oxygens (including phenoxy) is 1. The normalized spacial score (nSPS) is 8.92. The minimum Gasteiger partial charge on any atom is -0.465 e. The van der Waals surface area contributed by atoms with Gasteiger partial charge < -0.3 is 10.5 Å². The number of esters is 1. The molecule has 76 valence electrons. The van der Waals surface area contributed by atoms with Crippen LogP contribution in [0.15, 0.2) is 0 Å². The third-order valence-electron chi connectivity index (χ3n) is 1.06. The van der Waals surface area contributed by atoms with Gasteiger partial charge in [0, 0.05) is 0 Å². The minimum absolute atomic E-state index is 0. The average Bonchev–Trinajstić information content (AvgIpc) is 2.08. The predicted octanol–water partition coefficient (Wildman–Crippen LogP) is 1.32. The number of halogens is 1. The van der Waals surface area contributed by atoms with E-state index >= 15 is 0 Å². The van der Waals surface area contributed by atoms with Crippen LogP contribution >= 0.6 is 0 Å². The number of carbonyl (C=O) groups excluding carboxylic acids is 1. The molecule has 0 rings (SSSR count). The lowest BCUT2D eigenvalue weighted by molar-refractivity contribution is -0.147. The van der Waals surface area contributed by atoms with Gasteiger partial charge in [0.2, 0.25) is 0 Å². The molecule has 0 unspecified atom stereocenters. The van der Waals surface area contributed by atoms with Crippen LogP contribution in [0.1, 0.15) is 27.7 Å². The molecule has 0 amide bonds. The standard InChI is InChI=1S/C7H15NO2.CH4.FH/c1-6(2)7(9)10-5-3-4-8;;/h6H,3-5,8H2,1-2H3;1H4;1H/i/hT. The molecule has 12 heavy (non-hydrogen) atoms. The van der Waals surface area contributed by atoms with Crippen molar-refractivity contribution in [3.8, 4) is 0 Å². The second-order valence-corrected chi connectivity index (χ2v) is 2.46. The molecular formula is C8H20FNO2. The molecule has 0 saturated heterocycles. The summed E-state index contributed by atoms with van der Waals surface area (Å²) < 4.78 is 17.8. The monoisotopic (exact) mass is 183 g/mol. The lowest BCUT2D eigenvalue weighted by atomic mass is 10.2. The van der Waals surface area contributed by atoms with E-state index in [-0.39, 0.29) is 19.3 Å². The van der Waals surface area contributed by atoms with Crippen molar-refractivity contribution in [2.75, 3.05) is 13.2 Å². The third-order valence-corrected chi connectivity index (χ3v) is 1.06. The first-order valence-corrected chi connectivity index (χ1v) is 3.55. The van der Waals surface area contributed by atoms with E-state index in [1.165, 1.54) is 0 Å². The highest BCUT2D eigenvalue weighted by molar-refractivity contribution is 5.71. The summed E-state index contributed by atoms with van der Waals surface area (Å²) in [6.45, 7) is 4.65. The summed E-state index contributed by atoms with van der Waals surface area (Å²) >= 11 is 0. The van der Waals surface area contributed by atoms with E-state index in [2.05, 4.69) is 1.45 Å². The number of carbonyl (C=O) groups is 1. The van der Waals surface area contributed by atoms with E-state index in [4.69, 9.17) is 15.2 Å². The summed E-state index contributed by atoms with van der Waals surface area (Å²) in [5, 5.41) is 0. The molecule has 0 aromatic heterocycles. The van der Waals surface area contributed by atoms with Crippen molar-refractivity contribution >= 4 is 5.97 Å². The van der Waals surface area contributed by atoms with Gasteiger partial charge in [0.15, 0.2) is 0 Å². The smallest absolute Gasteiger partial charge is 0.308 e. The van der Waals surface area contributed by atoms with Gasteiger partial charge in [0.1, 0.15) is 0 Å². The van der Waals surface area contributed by atoms with Crippen LogP contribution < -0.4 is 5.73 Å². The summed E-state index contributed by atoms with van der Waals surface area (Å²) in [6.07, 6.45) is 0.748.